The maximum atomic E-state index is 13.1. The molecule has 9 heteroatoms. The fraction of sp³-hybridized carbons (Fsp3) is 0.389. The number of carbonyl (C=O) groups is 2. The molecule has 0 unspecified atom stereocenters. The van der Waals surface area contributed by atoms with Crippen LogP contribution >= 0.6 is 11.3 Å². The van der Waals surface area contributed by atoms with Crippen molar-refractivity contribution in [3.63, 3.8) is 0 Å². The summed E-state index contributed by atoms with van der Waals surface area (Å²) < 4.78 is 39.2. The van der Waals surface area contributed by atoms with Gasteiger partial charge in [0.25, 0.3) is 5.91 Å². The first-order valence-corrected chi connectivity index (χ1v) is 9.25. The minimum Gasteiger partial charge on any atom is -0.368 e. The number of hydrogen-bond acceptors (Lipinski definition) is 4. The van der Waals surface area contributed by atoms with Crippen LogP contribution < -0.4 is 5.73 Å². The molecule has 2 N–H and O–H groups in total. The number of benzene rings is 1. The summed E-state index contributed by atoms with van der Waals surface area (Å²) in [7, 11) is 0. The zero-order valence-electron chi connectivity index (χ0n) is 14.3. The maximum absolute atomic E-state index is 13.1. The average molecular weight is 395 g/mol. The number of amides is 2. The SMILES string of the molecule is Cc1nc(C(=O)N2[C@H](C(N)=O)C[C@H]3C[C@@H]32)c(-c2cccc(C(F)(F)F)c2)s1. The highest BCUT2D eigenvalue weighted by Gasteiger charge is 2.56. The number of piperidine rings is 1. The van der Waals surface area contributed by atoms with Crippen molar-refractivity contribution < 1.29 is 22.8 Å². The monoisotopic (exact) mass is 395 g/mol. The van der Waals surface area contributed by atoms with Gasteiger partial charge >= 0.3 is 6.18 Å². The van der Waals surface area contributed by atoms with E-state index in [-0.39, 0.29) is 23.2 Å². The van der Waals surface area contributed by atoms with Crippen LogP contribution in [0.1, 0.15) is 33.9 Å². The summed E-state index contributed by atoms with van der Waals surface area (Å²) in [5.41, 5.74) is 5.00. The quantitative estimate of drug-likeness (QED) is 0.867. The molecule has 2 aromatic rings. The van der Waals surface area contributed by atoms with Crippen LogP contribution in [0.25, 0.3) is 10.4 Å². The normalized spacial score (nSPS) is 24.0. The summed E-state index contributed by atoms with van der Waals surface area (Å²) in [6, 6.07) is 4.11. The zero-order chi connectivity index (χ0) is 19.5. The molecule has 5 nitrogen and oxygen atoms in total. The molecule has 1 saturated heterocycles. The zero-order valence-corrected chi connectivity index (χ0v) is 15.1. The first kappa shape index (κ1) is 18.0. The second-order valence-electron chi connectivity index (χ2n) is 6.92. The summed E-state index contributed by atoms with van der Waals surface area (Å²) in [6.07, 6.45) is -3.13. The van der Waals surface area contributed by atoms with Crippen LogP contribution in [-0.2, 0) is 11.0 Å². The van der Waals surface area contributed by atoms with Crippen molar-refractivity contribution in [2.24, 2.45) is 11.7 Å². The molecule has 1 aliphatic heterocycles. The number of primary amides is 1. The molecule has 2 heterocycles. The van der Waals surface area contributed by atoms with E-state index in [4.69, 9.17) is 5.73 Å². The Balaban J connectivity index is 1.74. The number of halogens is 3. The predicted molar refractivity (Wildman–Crippen MR) is 93.0 cm³/mol. The summed E-state index contributed by atoms with van der Waals surface area (Å²) in [5.74, 6) is -0.744. The number of fused-ring (bicyclic) bond motifs is 1. The van der Waals surface area contributed by atoms with E-state index in [2.05, 4.69) is 4.98 Å². The van der Waals surface area contributed by atoms with Crippen LogP contribution in [0.15, 0.2) is 24.3 Å². The predicted octanol–water partition coefficient (Wildman–Crippen LogP) is 3.23. The third kappa shape index (κ3) is 3.09. The van der Waals surface area contributed by atoms with Gasteiger partial charge in [-0.05, 0) is 43.4 Å². The Morgan fingerprint density at radius 2 is 2.04 bits per heavy atom. The maximum Gasteiger partial charge on any atom is 0.416 e. The fourth-order valence-corrected chi connectivity index (χ4v) is 4.64. The first-order valence-electron chi connectivity index (χ1n) is 8.44. The molecule has 2 amide bonds. The molecule has 0 bridgehead atoms. The van der Waals surface area contributed by atoms with Crippen LogP contribution in [0, 0.1) is 12.8 Å². The van der Waals surface area contributed by atoms with E-state index >= 15 is 0 Å². The third-order valence-electron chi connectivity index (χ3n) is 5.06. The number of rotatable bonds is 3. The number of likely N-dealkylation sites (tertiary alicyclic amines) is 1. The molecular formula is C18H16F3N3O2S. The highest BCUT2D eigenvalue weighted by molar-refractivity contribution is 7.15. The van der Waals surface area contributed by atoms with Crippen molar-refractivity contribution in [1.82, 2.24) is 9.88 Å². The van der Waals surface area contributed by atoms with Gasteiger partial charge in [-0.3, -0.25) is 9.59 Å². The number of hydrogen-bond donors (Lipinski definition) is 1. The van der Waals surface area contributed by atoms with E-state index in [0.717, 1.165) is 29.9 Å². The fourth-order valence-electron chi connectivity index (χ4n) is 3.73. The van der Waals surface area contributed by atoms with Gasteiger partial charge in [0.2, 0.25) is 5.91 Å². The molecule has 1 aromatic heterocycles. The van der Waals surface area contributed by atoms with Crippen LogP contribution in [0.4, 0.5) is 13.2 Å². The highest BCUT2D eigenvalue weighted by Crippen LogP contribution is 2.49. The third-order valence-corrected chi connectivity index (χ3v) is 6.08. The molecule has 1 saturated carbocycles. The highest BCUT2D eigenvalue weighted by atomic mass is 32.1. The average Bonchev–Trinajstić information content (AvgIpc) is 3.08. The largest absolute Gasteiger partial charge is 0.416 e. The molecule has 0 radical (unpaired) electrons. The molecule has 4 rings (SSSR count). The Morgan fingerprint density at radius 3 is 2.70 bits per heavy atom. The minimum absolute atomic E-state index is 0.0358. The summed E-state index contributed by atoms with van der Waals surface area (Å²) in [5, 5.41) is 0.563. The summed E-state index contributed by atoms with van der Waals surface area (Å²) >= 11 is 1.16. The number of nitrogens with two attached hydrogens (primary N) is 1. The minimum atomic E-state index is -4.48. The van der Waals surface area contributed by atoms with Gasteiger partial charge in [0.1, 0.15) is 11.7 Å². The second kappa shape index (κ2) is 6.05. The molecule has 27 heavy (non-hydrogen) atoms. The second-order valence-corrected chi connectivity index (χ2v) is 8.12. The Kier molecular flexibility index (Phi) is 4.03. The number of aryl methyl sites for hydroxylation is 1. The lowest BCUT2D eigenvalue weighted by Gasteiger charge is -2.24. The van der Waals surface area contributed by atoms with E-state index in [9.17, 15) is 22.8 Å². The molecule has 1 aromatic carbocycles. The van der Waals surface area contributed by atoms with Crippen molar-refractivity contribution in [3.05, 3.63) is 40.5 Å². The molecule has 3 atom stereocenters. The standard InChI is InChI=1S/C18H16F3N3O2S/c1-8-23-14(17(26)24-12-6-10(12)7-13(24)16(22)25)15(27-8)9-3-2-4-11(5-9)18(19,20)21/h2-5,10,12-13H,6-7H2,1H3,(H2,22,25)/t10-,12+,13+/m1/s1. The molecule has 142 valence electrons. The summed E-state index contributed by atoms with van der Waals surface area (Å²) in [4.78, 5) is 30.9. The van der Waals surface area contributed by atoms with Gasteiger partial charge in [0, 0.05) is 6.04 Å². The molecule has 1 aliphatic carbocycles. The molecular weight excluding hydrogens is 379 g/mol. The van der Waals surface area contributed by atoms with Gasteiger partial charge in [-0.25, -0.2) is 4.98 Å². The Morgan fingerprint density at radius 1 is 1.30 bits per heavy atom. The summed E-state index contributed by atoms with van der Waals surface area (Å²) in [6.45, 7) is 1.69. The number of nitrogens with zero attached hydrogens (tertiary/aromatic N) is 2. The number of carbonyl (C=O) groups excluding carboxylic acids is 2. The molecule has 2 aliphatic rings. The van der Waals surface area contributed by atoms with Gasteiger partial charge < -0.3 is 10.6 Å². The lowest BCUT2D eigenvalue weighted by Crippen LogP contribution is -2.46. The van der Waals surface area contributed by atoms with Crippen molar-refractivity contribution in [3.8, 4) is 10.4 Å². The topological polar surface area (TPSA) is 76.3 Å². The van der Waals surface area contributed by atoms with E-state index in [0.29, 0.717) is 16.3 Å². The van der Waals surface area contributed by atoms with Crippen LogP contribution in [0.5, 0.6) is 0 Å². The van der Waals surface area contributed by atoms with Crippen LogP contribution in [0.2, 0.25) is 0 Å². The van der Waals surface area contributed by atoms with Gasteiger partial charge in [0.15, 0.2) is 0 Å². The first-order chi connectivity index (χ1) is 12.7. The van der Waals surface area contributed by atoms with Gasteiger partial charge in [-0.2, -0.15) is 13.2 Å². The lowest BCUT2D eigenvalue weighted by atomic mass is 10.1. The van der Waals surface area contributed by atoms with Crippen molar-refractivity contribution in [1.29, 1.82) is 0 Å². The van der Waals surface area contributed by atoms with E-state index < -0.39 is 29.6 Å². The van der Waals surface area contributed by atoms with Gasteiger partial charge in [0.05, 0.1) is 15.4 Å². The lowest BCUT2D eigenvalue weighted by molar-refractivity contribution is -0.137. The molecule has 2 fully saturated rings. The number of thiazole rings is 1. The van der Waals surface area contributed by atoms with Crippen molar-refractivity contribution >= 4 is 23.2 Å². The van der Waals surface area contributed by atoms with Crippen molar-refractivity contribution in [2.75, 3.05) is 0 Å². The van der Waals surface area contributed by atoms with E-state index in [1.54, 1.807) is 6.92 Å². The Bertz CT molecular complexity index is 940. The van der Waals surface area contributed by atoms with Gasteiger partial charge in [-0.1, -0.05) is 12.1 Å². The van der Waals surface area contributed by atoms with E-state index in [1.165, 1.54) is 17.0 Å². The van der Waals surface area contributed by atoms with E-state index in [1.807, 2.05) is 0 Å². The smallest absolute Gasteiger partial charge is 0.368 e. The number of alkyl halides is 3. The number of aromatic nitrogens is 1. The van der Waals surface area contributed by atoms with Crippen LogP contribution in [-0.4, -0.2) is 33.8 Å². The Labute approximate surface area is 157 Å². The molecule has 0 spiro atoms. The van der Waals surface area contributed by atoms with Crippen LogP contribution in [0.3, 0.4) is 0 Å². The van der Waals surface area contributed by atoms with Gasteiger partial charge in [-0.15, -0.1) is 11.3 Å². The Hall–Kier alpha value is -2.42. The van der Waals surface area contributed by atoms with Crippen molar-refractivity contribution in [2.45, 2.75) is 38.0 Å².